The first kappa shape index (κ1) is 19.3. The molecule has 1 N–H and O–H groups in total. The molecule has 2 fully saturated rings. The number of amides is 1. The minimum atomic E-state index is -3.54. The van der Waals surface area contributed by atoms with Gasteiger partial charge in [0, 0.05) is 18.7 Å². The van der Waals surface area contributed by atoms with E-state index in [1.54, 1.807) is 18.3 Å². The number of rotatable bonds is 5. The molecule has 6 nitrogen and oxygen atoms in total. The van der Waals surface area contributed by atoms with E-state index in [1.807, 2.05) is 0 Å². The zero-order valence-electron chi connectivity index (χ0n) is 16.4. The van der Waals surface area contributed by atoms with Gasteiger partial charge in [-0.25, -0.2) is 13.8 Å². The third-order valence-corrected chi connectivity index (χ3v) is 8.58. The van der Waals surface area contributed by atoms with Crippen molar-refractivity contribution < 1.29 is 13.2 Å². The van der Waals surface area contributed by atoms with Crippen molar-refractivity contribution in [3.05, 3.63) is 41.5 Å². The first-order valence-corrected chi connectivity index (χ1v) is 11.4. The van der Waals surface area contributed by atoms with Crippen molar-refractivity contribution in [3.63, 3.8) is 0 Å². The molecule has 2 bridgehead atoms. The number of nitrogens with one attached hydrogen (secondary N) is 1. The molecule has 0 aromatic heterocycles. The Labute approximate surface area is 166 Å². The van der Waals surface area contributed by atoms with Crippen LogP contribution in [0, 0.1) is 17.3 Å². The van der Waals surface area contributed by atoms with Crippen molar-refractivity contribution in [2.24, 2.45) is 22.4 Å². The van der Waals surface area contributed by atoms with Gasteiger partial charge in [-0.1, -0.05) is 26.0 Å². The van der Waals surface area contributed by atoms with Crippen LogP contribution in [0.4, 0.5) is 0 Å². The van der Waals surface area contributed by atoms with E-state index in [-0.39, 0.29) is 4.90 Å². The highest BCUT2D eigenvalue weighted by molar-refractivity contribution is 7.89. The Bertz CT molecular complexity index is 943. The van der Waals surface area contributed by atoms with E-state index in [0.29, 0.717) is 30.0 Å². The molecule has 1 aromatic carbocycles. The van der Waals surface area contributed by atoms with Gasteiger partial charge >= 0.3 is 0 Å². The first-order valence-electron chi connectivity index (χ1n) is 9.94. The predicted octanol–water partition coefficient (Wildman–Crippen LogP) is 3.18. The van der Waals surface area contributed by atoms with Gasteiger partial charge in [-0.05, 0) is 66.7 Å². The Balaban J connectivity index is 1.44. The largest absolute Gasteiger partial charge is 0.271 e. The van der Waals surface area contributed by atoms with E-state index in [1.165, 1.54) is 28.4 Å². The fraction of sp³-hybridized carbons (Fsp3) is 0.524. The topological polar surface area (TPSA) is 78.8 Å². The van der Waals surface area contributed by atoms with Gasteiger partial charge in [-0.15, -0.1) is 0 Å². The van der Waals surface area contributed by atoms with Crippen LogP contribution in [0.15, 0.2) is 45.9 Å². The number of hydrazone groups is 1. The smallest absolute Gasteiger partial charge is 0.267 e. The van der Waals surface area contributed by atoms with Crippen molar-refractivity contribution in [1.29, 1.82) is 0 Å². The van der Waals surface area contributed by atoms with Gasteiger partial charge in [0.15, 0.2) is 0 Å². The van der Waals surface area contributed by atoms with Crippen LogP contribution in [0.1, 0.15) is 49.9 Å². The number of benzene rings is 1. The normalized spacial score (nSPS) is 26.7. The summed E-state index contributed by atoms with van der Waals surface area (Å²) in [6.07, 6.45) is 7.96. The van der Waals surface area contributed by atoms with Crippen molar-refractivity contribution in [2.75, 3.05) is 13.1 Å². The molecule has 28 heavy (non-hydrogen) atoms. The van der Waals surface area contributed by atoms with Crippen LogP contribution in [0.3, 0.4) is 0 Å². The molecule has 2 atom stereocenters. The third kappa shape index (κ3) is 3.31. The Hall–Kier alpha value is -1.99. The molecule has 2 unspecified atom stereocenters. The molecule has 1 saturated carbocycles. The maximum atomic E-state index is 12.7. The van der Waals surface area contributed by atoms with E-state index in [2.05, 4.69) is 30.5 Å². The summed E-state index contributed by atoms with van der Waals surface area (Å²) in [4.78, 5) is 12.6. The second-order valence-corrected chi connectivity index (χ2v) is 10.5. The van der Waals surface area contributed by atoms with E-state index in [9.17, 15) is 13.2 Å². The lowest BCUT2D eigenvalue weighted by Crippen LogP contribution is -2.48. The van der Waals surface area contributed by atoms with Crippen molar-refractivity contribution in [3.8, 4) is 0 Å². The molecule has 4 aliphatic rings. The Kier molecular flexibility index (Phi) is 4.91. The van der Waals surface area contributed by atoms with E-state index in [0.717, 1.165) is 25.2 Å². The molecule has 1 aliphatic heterocycles. The Morgan fingerprint density at radius 1 is 1.29 bits per heavy atom. The molecule has 1 aromatic rings. The average Bonchev–Trinajstić information content (AvgIpc) is 3.23. The quantitative estimate of drug-likeness (QED) is 0.608. The predicted molar refractivity (Wildman–Crippen MR) is 108 cm³/mol. The number of fused-ring (bicyclic) bond motifs is 1. The highest BCUT2D eigenvalue weighted by Crippen LogP contribution is 2.58. The number of carbonyl (C=O) groups is 1. The molecule has 1 heterocycles. The van der Waals surface area contributed by atoms with E-state index < -0.39 is 15.9 Å². The van der Waals surface area contributed by atoms with Crippen molar-refractivity contribution in [2.45, 2.75) is 44.4 Å². The van der Waals surface area contributed by atoms with Crippen molar-refractivity contribution >= 4 is 22.1 Å². The Morgan fingerprint density at radius 2 is 2.04 bits per heavy atom. The van der Waals surface area contributed by atoms with E-state index in [4.69, 9.17) is 0 Å². The summed E-state index contributed by atoms with van der Waals surface area (Å²) in [6.45, 7) is 5.65. The van der Waals surface area contributed by atoms with Gasteiger partial charge < -0.3 is 0 Å². The molecule has 0 spiro atoms. The molecule has 5 rings (SSSR count). The molecular weight excluding hydrogens is 374 g/mol. The number of allylic oxidation sites excluding steroid dienone is 2. The summed E-state index contributed by atoms with van der Waals surface area (Å²) < 4.78 is 26.9. The minimum absolute atomic E-state index is 0.156. The van der Waals surface area contributed by atoms with Crippen LogP contribution in [-0.4, -0.2) is 37.9 Å². The van der Waals surface area contributed by atoms with E-state index >= 15 is 0 Å². The van der Waals surface area contributed by atoms with Gasteiger partial charge in [0.05, 0.1) is 11.1 Å². The second kappa shape index (κ2) is 7.12. The number of hydrogen-bond acceptors (Lipinski definition) is 4. The summed E-state index contributed by atoms with van der Waals surface area (Å²) >= 11 is 0. The Morgan fingerprint density at radius 3 is 2.71 bits per heavy atom. The fourth-order valence-corrected chi connectivity index (χ4v) is 6.21. The van der Waals surface area contributed by atoms with Crippen LogP contribution in [0.5, 0.6) is 0 Å². The second-order valence-electron chi connectivity index (χ2n) is 8.58. The number of hydrogen-bond donors (Lipinski definition) is 1. The maximum Gasteiger partial charge on any atom is 0.271 e. The number of nitrogens with zero attached hydrogens (tertiary/aromatic N) is 2. The standard InChI is InChI=1S/C21H27N3O3S/c1-21(2)17-9-8-16(19(21)13-17)14-22-23-20(25)15-6-5-7-18(12-15)28(26,27)24-10-3-4-11-24/h5-8,12,14,17,19H,3-4,9-11,13H2,1-2H3,(H,23,25)/b22-14+. The molecular formula is C21H27N3O3S. The SMILES string of the molecule is CC1(C)C2CC=C(/C=N/NC(=O)c3cccc(S(=O)(=O)N4CCCC4)c3)C1C2. The lowest BCUT2D eigenvalue weighted by atomic mass is 9.49. The van der Waals surface area contributed by atoms with Gasteiger partial charge in [-0.3, -0.25) is 4.79 Å². The van der Waals surface area contributed by atoms with Gasteiger partial charge in [0.1, 0.15) is 0 Å². The summed E-state index contributed by atoms with van der Waals surface area (Å²) in [5, 5.41) is 4.13. The number of carbonyl (C=O) groups excluding carboxylic acids is 1. The van der Waals surface area contributed by atoms with Gasteiger partial charge in [0.2, 0.25) is 10.0 Å². The van der Waals surface area contributed by atoms with Crippen LogP contribution >= 0.6 is 0 Å². The highest BCUT2D eigenvalue weighted by Gasteiger charge is 2.50. The summed E-state index contributed by atoms with van der Waals surface area (Å²) in [5.41, 5.74) is 4.31. The molecule has 0 radical (unpaired) electrons. The molecule has 1 amide bonds. The fourth-order valence-electron chi connectivity index (χ4n) is 4.65. The molecule has 1 saturated heterocycles. The summed E-state index contributed by atoms with van der Waals surface area (Å²) in [5.74, 6) is 0.849. The minimum Gasteiger partial charge on any atom is -0.267 e. The molecule has 3 aliphatic carbocycles. The summed E-state index contributed by atoms with van der Waals surface area (Å²) in [6, 6.07) is 6.17. The van der Waals surface area contributed by atoms with Crippen LogP contribution in [0.2, 0.25) is 0 Å². The third-order valence-electron chi connectivity index (χ3n) is 6.69. The molecule has 150 valence electrons. The van der Waals surface area contributed by atoms with Crippen molar-refractivity contribution in [1.82, 2.24) is 9.73 Å². The van der Waals surface area contributed by atoms with Gasteiger partial charge in [0.25, 0.3) is 5.91 Å². The lowest BCUT2D eigenvalue weighted by molar-refractivity contribution is -0.00126. The zero-order chi connectivity index (χ0) is 19.9. The number of sulfonamides is 1. The first-order chi connectivity index (χ1) is 13.3. The maximum absolute atomic E-state index is 12.7. The zero-order valence-corrected chi connectivity index (χ0v) is 17.2. The monoisotopic (exact) mass is 401 g/mol. The average molecular weight is 402 g/mol. The lowest BCUT2D eigenvalue weighted by Gasteiger charge is -2.55. The molecule has 7 heteroatoms. The van der Waals surface area contributed by atoms with Crippen LogP contribution in [-0.2, 0) is 10.0 Å². The highest BCUT2D eigenvalue weighted by atomic mass is 32.2. The summed E-state index contributed by atoms with van der Waals surface area (Å²) in [7, 11) is -3.54. The van der Waals surface area contributed by atoms with Gasteiger partial charge in [-0.2, -0.15) is 9.41 Å². The van der Waals surface area contributed by atoms with Crippen LogP contribution < -0.4 is 5.43 Å². The van der Waals surface area contributed by atoms with Crippen LogP contribution in [0.25, 0.3) is 0 Å².